The smallest absolute Gasteiger partial charge is 0.254 e. The fourth-order valence-electron chi connectivity index (χ4n) is 3.75. The maximum atomic E-state index is 13.4. The monoisotopic (exact) mass is 383 g/mol. The Bertz CT molecular complexity index is 922. The van der Waals surface area contributed by atoms with E-state index < -0.39 is 0 Å². The van der Waals surface area contributed by atoms with Gasteiger partial charge in [-0.3, -0.25) is 4.79 Å². The quantitative estimate of drug-likeness (QED) is 0.443. The second-order valence-corrected chi connectivity index (χ2v) is 7.78. The Morgan fingerprint density at radius 1 is 0.690 bits per heavy atom. The van der Waals surface area contributed by atoms with E-state index in [1.54, 1.807) is 0 Å². The van der Waals surface area contributed by atoms with Gasteiger partial charge in [-0.25, -0.2) is 0 Å². The van der Waals surface area contributed by atoms with Gasteiger partial charge in [-0.1, -0.05) is 78.9 Å². The minimum absolute atomic E-state index is 0.0716. The first-order chi connectivity index (χ1) is 14.0. The second kappa shape index (κ2) is 9.38. The van der Waals surface area contributed by atoms with Gasteiger partial charge in [0.1, 0.15) is 0 Å². The Hall–Kier alpha value is -3.13. The molecular weight excluding hydrogens is 354 g/mol. The summed E-state index contributed by atoms with van der Waals surface area (Å²) in [6.45, 7) is 8.26. The van der Waals surface area contributed by atoms with Gasteiger partial charge in [0.15, 0.2) is 0 Å². The number of hydrogen-bond donors (Lipinski definition) is 0. The van der Waals surface area contributed by atoms with Crippen LogP contribution in [0.25, 0.3) is 11.6 Å². The number of amides is 1. The van der Waals surface area contributed by atoms with E-state index >= 15 is 0 Å². The van der Waals surface area contributed by atoms with Gasteiger partial charge in [0.25, 0.3) is 5.91 Å². The minimum atomic E-state index is 0.0716. The van der Waals surface area contributed by atoms with E-state index in [9.17, 15) is 4.79 Å². The Morgan fingerprint density at radius 3 is 1.62 bits per heavy atom. The lowest BCUT2D eigenvalue weighted by Crippen LogP contribution is -2.42. The average Bonchev–Trinajstić information content (AvgIpc) is 2.73. The summed E-state index contributed by atoms with van der Waals surface area (Å²) in [6.07, 6.45) is 2.14. The average molecular weight is 384 g/mol. The molecule has 2 nitrogen and oxygen atoms in total. The molecule has 0 aliphatic carbocycles. The number of carbonyl (C=O) groups excluding carboxylic acids is 1. The van der Waals surface area contributed by atoms with Crippen LogP contribution >= 0.6 is 0 Å². The number of benzene rings is 3. The highest BCUT2D eigenvalue weighted by Gasteiger charge is 2.23. The third-order valence-electron chi connectivity index (χ3n) is 5.01. The molecule has 1 amide bonds. The van der Waals surface area contributed by atoms with Crippen molar-refractivity contribution in [2.75, 3.05) is 0 Å². The van der Waals surface area contributed by atoms with Crippen molar-refractivity contribution >= 4 is 17.6 Å². The fourth-order valence-corrected chi connectivity index (χ4v) is 3.75. The highest BCUT2D eigenvalue weighted by atomic mass is 16.2. The van der Waals surface area contributed by atoms with Crippen molar-refractivity contribution in [2.45, 2.75) is 39.8 Å². The molecule has 0 aliphatic rings. The zero-order valence-corrected chi connectivity index (χ0v) is 17.7. The molecule has 3 aromatic carbocycles. The lowest BCUT2D eigenvalue weighted by Gasteiger charge is -2.31. The molecule has 0 unspecified atom stereocenters. The molecule has 0 saturated heterocycles. The molecule has 0 saturated carbocycles. The molecule has 0 aromatic heterocycles. The summed E-state index contributed by atoms with van der Waals surface area (Å²) in [5, 5.41) is 0. The molecule has 0 atom stereocenters. The summed E-state index contributed by atoms with van der Waals surface area (Å²) >= 11 is 0. The number of hydrogen-bond acceptors (Lipinski definition) is 1. The molecular formula is C27H29NO. The van der Waals surface area contributed by atoms with Crippen LogP contribution in [0.5, 0.6) is 0 Å². The molecule has 0 aliphatic heterocycles. The Labute approximate surface area is 174 Å². The van der Waals surface area contributed by atoms with Gasteiger partial charge in [-0.05, 0) is 62.1 Å². The third-order valence-corrected chi connectivity index (χ3v) is 5.01. The van der Waals surface area contributed by atoms with Crippen LogP contribution < -0.4 is 0 Å². The molecule has 0 heterocycles. The van der Waals surface area contributed by atoms with Crippen LogP contribution in [-0.2, 0) is 0 Å². The van der Waals surface area contributed by atoms with E-state index in [1.807, 2.05) is 65.6 Å². The summed E-state index contributed by atoms with van der Waals surface area (Å²) in [5.41, 5.74) is 5.04. The predicted molar refractivity (Wildman–Crippen MR) is 123 cm³/mol. The lowest BCUT2D eigenvalue weighted by atomic mass is 9.94. The molecule has 0 fully saturated rings. The van der Waals surface area contributed by atoms with Crippen LogP contribution in [0.15, 0.2) is 84.9 Å². The van der Waals surface area contributed by atoms with E-state index in [0.29, 0.717) is 0 Å². The van der Waals surface area contributed by atoms with Crippen molar-refractivity contribution in [2.24, 2.45) is 0 Å². The van der Waals surface area contributed by atoms with Crippen LogP contribution in [-0.4, -0.2) is 22.9 Å². The summed E-state index contributed by atoms with van der Waals surface area (Å²) in [7, 11) is 0. The third kappa shape index (κ3) is 4.83. The molecule has 0 spiro atoms. The first-order valence-corrected chi connectivity index (χ1v) is 10.2. The Kier molecular flexibility index (Phi) is 6.66. The van der Waals surface area contributed by atoms with Gasteiger partial charge in [0, 0.05) is 17.6 Å². The summed E-state index contributed by atoms with van der Waals surface area (Å²) in [4.78, 5) is 15.3. The van der Waals surface area contributed by atoms with Gasteiger partial charge in [-0.15, -0.1) is 0 Å². The van der Waals surface area contributed by atoms with Crippen molar-refractivity contribution in [1.29, 1.82) is 0 Å². The van der Waals surface area contributed by atoms with E-state index in [-0.39, 0.29) is 18.0 Å². The Balaban J connectivity index is 2.14. The van der Waals surface area contributed by atoms with Crippen molar-refractivity contribution in [3.05, 3.63) is 107 Å². The molecule has 0 bridgehead atoms. The maximum Gasteiger partial charge on any atom is 0.254 e. The number of carbonyl (C=O) groups is 1. The summed E-state index contributed by atoms with van der Waals surface area (Å²) < 4.78 is 0. The molecule has 0 N–H and O–H groups in total. The normalized spacial score (nSPS) is 10.8. The van der Waals surface area contributed by atoms with E-state index in [2.05, 4.69) is 58.0 Å². The van der Waals surface area contributed by atoms with Gasteiger partial charge in [-0.2, -0.15) is 0 Å². The minimum Gasteiger partial charge on any atom is -0.334 e. The molecule has 3 aromatic rings. The van der Waals surface area contributed by atoms with E-state index in [1.165, 1.54) is 0 Å². The lowest BCUT2D eigenvalue weighted by molar-refractivity contribution is 0.0643. The molecule has 148 valence electrons. The number of rotatable bonds is 6. The highest BCUT2D eigenvalue weighted by Crippen LogP contribution is 2.28. The number of nitrogens with zero attached hydrogens (tertiary/aromatic N) is 1. The van der Waals surface area contributed by atoms with Crippen molar-refractivity contribution < 1.29 is 4.79 Å². The van der Waals surface area contributed by atoms with Crippen LogP contribution in [0, 0.1) is 0 Å². The molecule has 29 heavy (non-hydrogen) atoms. The standard InChI is InChI=1S/C27H29NO/c1-20(2)28(21(3)4)27(29)25-18-12-11-17-24(25)19-26(22-13-7-5-8-14-22)23-15-9-6-10-16-23/h5-21H,1-4H3. The van der Waals surface area contributed by atoms with Crippen molar-refractivity contribution in [1.82, 2.24) is 4.90 Å². The first-order valence-electron chi connectivity index (χ1n) is 10.2. The van der Waals surface area contributed by atoms with Crippen LogP contribution in [0.4, 0.5) is 0 Å². The zero-order valence-electron chi connectivity index (χ0n) is 17.7. The van der Waals surface area contributed by atoms with Gasteiger partial charge >= 0.3 is 0 Å². The maximum absolute atomic E-state index is 13.4. The highest BCUT2D eigenvalue weighted by molar-refractivity contribution is 6.01. The van der Waals surface area contributed by atoms with E-state index in [0.717, 1.165) is 27.8 Å². The molecule has 2 heteroatoms. The SMILES string of the molecule is CC(C)N(C(=O)c1ccccc1C=C(c1ccccc1)c1ccccc1)C(C)C. The van der Waals surface area contributed by atoms with Crippen molar-refractivity contribution in [3.63, 3.8) is 0 Å². The second-order valence-electron chi connectivity index (χ2n) is 7.78. The zero-order chi connectivity index (χ0) is 20.8. The van der Waals surface area contributed by atoms with Gasteiger partial charge in [0.05, 0.1) is 0 Å². The molecule has 0 radical (unpaired) electrons. The van der Waals surface area contributed by atoms with Crippen LogP contribution in [0.2, 0.25) is 0 Å². The topological polar surface area (TPSA) is 20.3 Å². The van der Waals surface area contributed by atoms with Gasteiger partial charge < -0.3 is 4.90 Å². The largest absolute Gasteiger partial charge is 0.334 e. The predicted octanol–water partition coefficient (Wildman–Crippen LogP) is 6.53. The van der Waals surface area contributed by atoms with Crippen LogP contribution in [0.1, 0.15) is 54.7 Å². The fraction of sp³-hybridized carbons (Fsp3) is 0.222. The van der Waals surface area contributed by atoms with Crippen LogP contribution in [0.3, 0.4) is 0 Å². The first kappa shape index (κ1) is 20.6. The van der Waals surface area contributed by atoms with Crippen molar-refractivity contribution in [3.8, 4) is 0 Å². The molecule has 3 rings (SSSR count). The van der Waals surface area contributed by atoms with E-state index in [4.69, 9.17) is 0 Å². The summed E-state index contributed by atoms with van der Waals surface area (Å²) in [5.74, 6) is 0.0716. The Morgan fingerprint density at radius 2 is 1.14 bits per heavy atom. The summed E-state index contributed by atoms with van der Waals surface area (Å²) in [6, 6.07) is 28.8. The van der Waals surface area contributed by atoms with Gasteiger partial charge in [0.2, 0.25) is 0 Å².